The fourth-order valence-electron chi connectivity index (χ4n) is 1.99. The van der Waals surface area contributed by atoms with E-state index in [2.05, 4.69) is 4.98 Å². The lowest BCUT2D eigenvalue weighted by Crippen LogP contribution is -1.86. The topological polar surface area (TPSA) is 69.2 Å². The van der Waals surface area contributed by atoms with Crippen molar-refractivity contribution < 1.29 is 9.34 Å². The van der Waals surface area contributed by atoms with E-state index < -0.39 is 4.92 Å². The Bertz CT molecular complexity index is 805. The molecular weight excluding hydrogens is 280 g/mol. The predicted molar refractivity (Wildman–Crippen MR) is 84.0 cm³/mol. The molecule has 0 aliphatic rings. The Morgan fingerprint density at radius 2 is 1.82 bits per heavy atom. The number of hydrogen-bond acceptors (Lipinski definition) is 4. The summed E-state index contributed by atoms with van der Waals surface area (Å²) < 4.78 is 5.71. The van der Waals surface area contributed by atoms with Gasteiger partial charge in [-0.25, -0.2) is 0 Å². The van der Waals surface area contributed by atoms with Crippen molar-refractivity contribution in [3.8, 4) is 11.3 Å². The number of nitro groups is 1. The third-order valence-electron chi connectivity index (χ3n) is 3.10. The second-order valence-electron chi connectivity index (χ2n) is 4.59. The van der Waals surface area contributed by atoms with E-state index >= 15 is 0 Å². The summed E-state index contributed by atoms with van der Waals surface area (Å²) in [6, 6.07) is 15.6. The zero-order valence-electron chi connectivity index (χ0n) is 11.5. The van der Waals surface area contributed by atoms with Gasteiger partial charge in [-0.1, -0.05) is 6.07 Å². The first-order chi connectivity index (χ1) is 10.7. The molecule has 0 amide bonds. The van der Waals surface area contributed by atoms with E-state index in [9.17, 15) is 10.1 Å². The number of non-ortho nitro benzene ring substituents is 1. The van der Waals surface area contributed by atoms with Crippen LogP contribution in [-0.4, -0.2) is 9.91 Å². The van der Waals surface area contributed by atoms with Gasteiger partial charge in [-0.15, -0.1) is 0 Å². The Kier molecular flexibility index (Phi) is 3.78. The predicted octanol–water partition coefficient (Wildman–Crippen LogP) is 4.42. The Morgan fingerprint density at radius 3 is 2.50 bits per heavy atom. The van der Waals surface area contributed by atoms with Crippen LogP contribution in [0.15, 0.2) is 65.2 Å². The van der Waals surface area contributed by atoms with E-state index in [4.69, 9.17) is 4.42 Å². The molecule has 3 rings (SSSR count). The quantitative estimate of drug-likeness (QED) is 0.527. The summed E-state index contributed by atoms with van der Waals surface area (Å²) >= 11 is 0. The van der Waals surface area contributed by atoms with Crippen LogP contribution in [0.2, 0.25) is 0 Å². The summed E-state index contributed by atoms with van der Waals surface area (Å²) in [5.74, 6) is 1.36. The minimum absolute atomic E-state index is 0.0607. The second-order valence-corrected chi connectivity index (χ2v) is 4.59. The number of nitrogens with zero attached hydrogens (tertiary/aromatic N) is 2. The highest BCUT2D eigenvalue weighted by atomic mass is 16.6. The van der Waals surface area contributed by atoms with Crippen molar-refractivity contribution in [2.75, 3.05) is 0 Å². The molecule has 3 aromatic rings. The maximum atomic E-state index is 10.6. The standard InChI is InChI=1S/C17H12N2O3/c20-19(21)15-7-4-13(5-8-15)17-11-10-16(22-17)9-6-14-3-1-2-12-18-14/h1-12H/b9-6+. The fraction of sp³-hybridized carbons (Fsp3) is 0. The first kappa shape index (κ1) is 13.8. The summed E-state index contributed by atoms with van der Waals surface area (Å²) in [5, 5.41) is 10.6. The molecule has 0 saturated heterocycles. The van der Waals surface area contributed by atoms with E-state index in [-0.39, 0.29) is 5.69 Å². The molecule has 1 aromatic carbocycles. The number of benzene rings is 1. The van der Waals surface area contributed by atoms with Crippen molar-refractivity contribution in [1.29, 1.82) is 0 Å². The average molecular weight is 292 g/mol. The Balaban J connectivity index is 1.79. The van der Waals surface area contributed by atoms with Crippen LogP contribution < -0.4 is 0 Å². The third kappa shape index (κ3) is 3.09. The van der Waals surface area contributed by atoms with Crippen LogP contribution >= 0.6 is 0 Å². The van der Waals surface area contributed by atoms with Crippen LogP contribution in [0.5, 0.6) is 0 Å². The number of nitro benzene ring substituents is 1. The number of aromatic nitrogens is 1. The van der Waals surface area contributed by atoms with Gasteiger partial charge in [0.1, 0.15) is 11.5 Å². The molecule has 0 fully saturated rings. The van der Waals surface area contributed by atoms with E-state index in [1.165, 1.54) is 12.1 Å². The molecular formula is C17H12N2O3. The van der Waals surface area contributed by atoms with Crippen LogP contribution in [0.3, 0.4) is 0 Å². The average Bonchev–Trinajstić information content (AvgIpc) is 3.03. The lowest BCUT2D eigenvalue weighted by atomic mass is 10.1. The first-order valence-electron chi connectivity index (χ1n) is 6.66. The molecule has 5 nitrogen and oxygen atoms in total. The number of furan rings is 1. The van der Waals surface area contributed by atoms with Gasteiger partial charge in [0, 0.05) is 23.9 Å². The molecule has 5 heteroatoms. The van der Waals surface area contributed by atoms with Crippen molar-refractivity contribution >= 4 is 17.8 Å². The summed E-state index contributed by atoms with van der Waals surface area (Å²) in [5.41, 5.74) is 1.70. The van der Waals surface area contributed by atoms with Crippen LogP contribution in [0, 0.1) is 10.1 Å². The molecule has 2 aromatic heterocycles. The molecule has 2 heterocycles. The Morgan fingerprint density at radius 1 is 1.00 bits per heavy atom. The summed E-state index contributed by atoms with van der Waals surface area (Å²) in [7, 11) is 0. The molecule has 108 valence electrons. The van der Waals surface area contributed by atoms with Gasteiger partial charge in [0.05, 0.1) is 10.6 Å². The smallest absolute Gasteiger partial charge is 0.269 e. The molecule has 0 radical (unpaired) electrons. The minimum Gasteiger partial charge on any atom is -0.457 e. The minimum atomic E-state index is -0.424. The second kappa shape index (κ2) is 6.05. The highest BCUT2D eigenvalue weighted by Crippen LogP contribution is 2.25. The van der Waals surface area contributed by atoms with Gasteiger partial charge in [0.15, 0.2) is 0 Å². The molecule has 0 N–H and O–H groups in total. The first-order valence-corrected chi connectivity index (χ1v) is 6.66. The van der Waals surface area contributed by atoms with Gasteiger partial charge in [-0.2, -0.15) is 0 Å². The molecule has 0 aliphatic heterocycles. The van der Waals surface area contributed by atoms with Crippen molar-refractivity contribution in [1.82, 2.24) is 4.98 Å². The monoisotopic (exact) mass is 292 g/mol. The molecule has 0 saturated carbocycles. The summed E-state index contributed by atoms with van der Waals surface area (Å²) in [6.45, 7) is 0. The zero-order chi connectivity index (χ0) is 15.4. The maximum Gasteiger partial charge on any atom is 0.269 e. The third-order valence-corrected chi connectivity index (χ3v) is 3.10. The van der Waals surface area contributed by atoms with Crippen LogP contribution in [0.1, 0.15) is 11.5 Å². The van der Waals surface area contributed by atoms with Gasteiger partial charge in [-0.3, -0.25) is 15.1 Å². The normalized spacial score (nSPS) is 10.9. The van der Waals surface area contributed by atoms with Crippen molar-refractivity contribution in [2.45, 2.75) is 0 Å². The van der Waals surface area contributed by atoms with Gasteiger partial charge in [0.25, 0.3) is 5.69 Å². The van der Waals surface area contributed by atoms with E-state index in [0.29, 0.717) is 11.5 Å². The number of hydrogen-bond donors (Lipinski definition) is 0. The van der Waals surface area contributed by atoms with E-state index in [0.717, 1.165) is 11.3 Å². The zero-order valence-corrected chi connectivity index (χ0v) is 11.5. The maximum absolute atomic E-state index is 10.6. The largest absolute Gasteiger partial charge is 0.457 e. The van der Waals surface area contributed by atoms with Gasteiger partial charge in [-0.05, 0) is 48.6 Å². The molecule has 0 spiro atoms. The van der Waals surface area contributed by atoms with Gasteiger partial charge in [0.2, 0.25) is 0 Å². The molecule has 22 heavy (non-hydrogen) atoms. The van der Waals surface area contributed by atoms with Crippen molar-refractivity contribution in [2.24, 2.45) is 0 Å². The van der Waals surface area contributed by atoms with E-state index in [1.54, 1.807) is 18.3 Å². The highest BCUT2D eigenvalue weighted by molar-refractivity contribution is 5.68. The highest BCUT2D eigenvalue weighted by Gasteiger charge is 2.07. The number of rotatable bonds is 4. The van der Waals surface area contributed by atoms with Crippen LogP contribution in [0.25, 0.3) is 23.5 Å². The van der Waals surface area contributed by atoms with Crippen molar-refractivity contribution in [3.05, 3.63) is 82.4 Å². The lowest BCUT2D eigenvalue weighted by molar-refractivity contribution is -0.384. The van der Waals surface area contributed by atoms with Crippen LogP contribution in [0.4, 0.5) is 5.69 Å². The van der Waals surface area contributed by atoms with Gasteiger partial charge < -0.3 is 4.42 Å². The Hall–Kier alpha value is -3.21. The molecule has 0 aliphatic carbocycles. The number of pyridine rings is 1. The molecule has 0 unspecified atom stereocenters. The lowest BCUT2D eigenvalue weighted by Gasteiger charge is -1.96. The molecule has 0 atom stereocenters. The fourth-order valence-corrected chi connectivity index (χ4v) is 1.99. The summed E-state index contributed by atoms with van der Waals surface area (Å²) in [6.07, 6.45) is 5.42. The van der Waals surface area contributed by atoms with E-state index in [1.807, 2.05) is 42.5 Å². The van der Waals surface area contributed by atoms with Gasteiger partial charge >= 0.3 is 0 Å². The summed E-state index contributed by atoms with van der Waals surface area (Å²) in [4.78, 5) is 14.4. The Labute approximate surface area is 126 Å². The SMILES string of the molecule is O=[N+]([O-])c1ccc(-c2ccc(/C=C/c3ccccn3)o2)cc1. The van der Waals surface area contributed by atoms with Crippen LogP contribution in [-0.2, 0) is 0 Å². The van der Waals surface area contributed by atoms with Crippen molar-refractivity contribution in [3.63, 3.8) is 0 Å². The molecule has 0 bridgehead atoms.